The van der Waals surface area contributed by atoms with E-state index in [-0.39, 0.29) is 28.8 Å². The van der Waals surface area contributed by atoms with Crippen LogP contribution in [0.25, 0.3) is 21.9 Å². The highest BCUT2D eigenvalue weighted by Crippen LogP contribution is 2.12. The van der Waals surface area contributed by atoms with Gasteiger partial charge in [-0.3, -0.25) is 28.1 Å². The molecule has 0 aliphatic heterocycles. The van der Waals surface area contributed by atoms with Crippen molar-refractivity contribution in [2.45, 2.75) is 6.54 Å². The van der Waals surface area contributed by atoms with Gasteiger partial charge in [0, 0.05) is 14.1 Å². The first kappa shape index (κ1) is 18.3. The summed E-state index contributed by atoms with van der Waals surface area (Å²) < 4.78 is 3.42. The van der Waals surface area contributed by atoms with Crippen LogP contribution in [0.5, 0.6) is 0 Å². The van der Waals surface area contributed by atoms with Crippen molar-refractivity contribution in [2.75, 3.05) is 5.32 Å². The van der Waals surface area contributed by atoms with Crippen LogP contribution in [-0.2, 0) is 25.4 Å². The lowest BCUT2D eigenvalue weighted by molar-refractivity contribution is -0.116. The molecule has 3 heterocycles. The summed E-state index contributed by atoms with van der Waals surface area (Å²) in [5.74, 6) is -0.480. The van der Waals surface area contributed by atoms with E-state index < -0.39 is 17.2 Å². The number of aryl methyl sites for hydroxylation is 1. The fourth-order valence-electron chi connectivity index (χ4n) is 3.11. The van der Waals surface area contributed by atoms with E-state index in [1.807, 2.05) is 0 Å². The number of nitrogens with one attached hydrogen (secondary N) is 1. The second kappa shape index (κ2) is 6.82. The molecule has 0 fully saturated rings. The minimum absolute atomic E-state index is 0.192. The van der Waals surface area contributed by atoms with Gasteiger partial charge in [0.25, 0.3) is 11.1 Å². The Morgan fingerprint density at radius 2 is 1.76 bits per heavy atom. The van der Waals surface area contributed by atoms with E-state index in [4.69, 9.17) is 0 Å². The summed E-state index contributed by atoms with van der Waals surface area (Å²) in [6.07, 6.45) is 2.66. The van der Waals surface area contributed by atoms with Gasteiger partial charge >= 0.3 is 5.69 Å². The Bertz CT molecular complexity index is 1460. The number of anilines is 1. The number of pyridine rings is 1. The van der Waals surface area contributed by atoms with Gasteiger partial charge in [0.15, 0.2) is 0 Å². The van der Waals surface area contributed by atoms with Gasteiger partial charge in [-0.05, 0) is 18.2 Å². The molecule has 0 aliphatic carbocycles. The zero-order valence-electron chi connectivity index (χ0n) is 15.6. The summed E-state index contributed by atoms with van der Waals surface area (Å²) >= 11 is 0. The molecule has 0 unspecified atom stereocenters. The van der Waals surface area contributed by atoms with Crippen LogP contribution in [0.3, 0.4) is 0 Å². The molecule has 0 saturated heterocycles. The standard InChI is InChI=1S/C19H16N6O4/c1-23-16-13(17(27)24(2)19(23)29)7-11(8-20-16)22-15(26)9-25-10-21-14-6-4-3-5-12(14)18(25)28/h3-8,10H,9H2,1-2H3,(H,22,26). The minimum Gasteiger partial charge on any atom is -0.323 e. The summed E-state index contributed by atoms with van der Waals surface area (Å²) in [5, 5.41) is 3.22. The van der Waals surface area contributed by atoms with Crippen LogP contribution in [0, 0.1) is 0 Å². The molecule has 3 aromatic heterocycles. The highest BCUT2D eigenvalue weighted by molar-refractivity contribution is 5.92. The van der Waals surface area contributed by atoms with Crippen molar-refractivity contribution in [2.24, 2.45) is 14.1 Å². The molecule has 0 bridgehead atoms. The molecule has 4 rings (SSSR count). The van der Waals surface area contributed by atoms with Crippen molar-refractivity contribution in [1.82, 2.24) is 23.7 Å². The lowest BCUT2D eigenvalue weighted by Crippen LogP contribution is -2.37. The number of hydrogen-bond acceptors (Lipinski definition) is 6. The Morgan fingerprint density at radius 1 is 1.00 bits per heavy atom. The second-order valence-corrected chi connectivity index (χ2v) is 6.54. The molecule has 0 spiro atoms. The predicted molar refractivity (Wildman–Crippen MR) is 107 cm³/mol. The van der Waals surface area contributed by atoms with Crippen LogP contribution in [0.1, 0.15) is 0 Å². The summed E-state index contributed by atoms with van der Waals surface area (Å²) in [5.41, 5.74) is -0.289. The van der Waals surface area contributed by atoms with E-state index in [0.29, 0.717) is 10.9 Å². The number of carbonyl (C=O) groups excluding carboxylic acids is 1. The monoisotopic (exact) mass is 392 g/mol. The van der Waals surface area contributed by atoms with Gasteiger partial charge in [-0.1, -0.05) is 12.1 Å². The summed E-state index contributed by atoms with van der Waals surface area (Å²) in [7, 11) is 2.88. The molecular weight excluding hydrogens is 376 g/mol. The molecule has 0 atom stereocenters. The van der Waals surface area contributed by atoms with Crippen molar-refractivity contribution in [3.05, 3.63) is 74.0 Å². The Morgan fingerprint density at radius 3 is 2.55 bits per heavy atom. The van der Waals surface area contributed by atoms with Gasteiger partial charge in [0.2, 0.25) is 5.91 Å². The Balaban J connectivity index is 1.65. The first-order chi connectivity index (χ1) is 13.9. The molecule has 29 heavy (non-hydrogen) atoms. The number of aromatic nitrogens is 5. The van der Waals surface area contributed by atoms with Crippen LogP contribution in [0.4, 0.5) is 5.69 Å². The first-order valence-corrected chi connectivity index (χ1v) is 8.66. The summed E-state index contributed by atoms with van der Waals surface area (Å²) in [6.45, 7) is -0.250. The number of amides is 1. The van der Waals surface area contributed by atoms with E-state index in [2.05, 4.69) is 15.3 Å². The number of para-hydroxylation sites is 1. The number of benzene rings is 1. The lowest BCUT2D eigenvalue weighted by atomic mass is 10.2. The van der Waals surface area contributed by atoms with Gasteiger partial charge in [-0.15, -0.1) is 0 Å². The minimum atomic E-state index is -0.512. The van der Waals surface area contributed by atoms with Crippen molar-refractivity contribution >= 4 is 33.5 Å². The predicted octanol–water partition coefficient (Wildman–Crippen LogP) is -0.0192. The fourth-order valence-corrected chi connectivity index (χ4v) is 3.11. The van der Waals surface area contributed by atoms with Crippen molar-refractivity contribution in [1.29, 1.82) is 0 Å². The summed E-state index contributed by atoms with van der Waals surface area (Å²) in [6, 6.07) is 8.31. The van der Waals surface area contributed by atoms with Gasteiger partial charge in [0.1, 0.15) is 12.2 Å². The molecule has 1 amide bonds. The number of rotatable bonds is 3. The van der Waals surface area contributed by atoms with Crippen molar-refractivity contribution in [3.8, 4) is 0 Å². The van der Waals surface area contributed by atoms with Gasteiger partial charge in [-0.2, -0.15) is 0 Å². The van der Waals surface area contributed by atoms with Crippen LogP contribution >= 0.6 is 0 Å². The fraction of sp³-hybridized carbons (Fsp3) is 0.158. The van der Waals surface area contributed by atoms with E-state index in [1.165, 1.54) is 41.8 Å². The molecular formula is C19H16N6O4. The molecule has 1 aromatic carbocycles. The normalized spacial score (nSPS) is 11.1. The third-order valence-corrected chi connectivity index (χ3v) is 4.62. The van der Waals surface area contributed by atoms with E-state index in [9.17, 15) is 19.2 Å². The quantitative estimate of drug-likeness (QED) is 0.523. The molecule has 0 radical (unpaired) electrons. The zero-order chi connectivity index (χ0) is 20.7. The van der Waals surface area contributed by atoms with Gasteiger partial charge < -0.3 is 5.32 Å². The molecule has 10 nitrogen and oxygen atoms in total. The maximum atomic E-state index is 12.5. The van der Waals surface area contributed by atoms with Gasteiger partial charge in [0.05, 0.1) is 34.5 Å². The first-order valence-electron chi connectivity index (χ1n) is 8.66. The third kappa shape index (κ3) is 3.10. The van der Waals surface area contributed by atoms with Gasteiger partial charge in [-0.25, -0.2) is 14.8 Å². The zero-order valence-corrected chi connectivity index (χ0v) is 15.6. The van der Waals surface area contributed by atoms with E-state index in [0.717, 1.165) is 4.57 Å². The Labute approximate surface area is 162 Å². The highest BCUT2D eigenvalue weighted by Gasteiger charge is 2.12. The number of fused-ring (bicyclic) bond motifs is 2. The van der Waals surface area contributed by atoms with Crippen LogP contribution in [0.2, 0.25) is 0 Å². The van der Waals surface area contributed by atoms with E-state index >= 15 is 0 Å². The maximum Gasteiger partial charge on any atom is 0.332 e. The molecule has 146 valence electrons. The molecule has 0 saturated carbocycles. The van der Waals surface area contributed by atoms with E-state index in [1.54, 1.807) is 24.3 Å². The average molecular weight is 392 g/mol. The maximum absolute atomic E-state index is 12.5. The van der Waals surface area contributed by atoms with Crippen molar-refractivity contribution < 1.29 is 4.79 Å². The molecule has 4 aromatic rings. The second-order valence-electron chi connectivity index (χ2n) is 6.54. The number of carbonyl (C=O) groups is 1. The third-order valence-electron chi connectivity index (χ3n) is 4.62. The molecule has 1 N–H and O–H groups in total. The smallest absolute Gasteiger partial charge is 0.323 e. The topological polar surface area (TPSA) is 121 Å². The highest BCUT2D eigenvalue weighted by atomic mass is 16.2. The van der Waals surface area contributed by atoms with Crippen LogP contribution in [0.15, 0.2) is 57.2 Å². The number of nitrogens with zero attached hydrogens (tertiary/aromatic N) is 5. The lowest BCUT2D eigenvalue weighted by Gasteiger charge is -2.10. The average Bonchev–Trinajstić information content (AvgIpc) is 2.73. The van der Waals surface area contributed by atoms with Crippen LogP contribution in [-0.4, -0.2) is 29.6 Å². The SMILES string of the molecule is Cn1c(=O)c2cc(NC(=O)Cn3cnc4ccccc4c3=O)cnc2n(C)c1=O. The van der Waals surface area contributed by atoms with Crippen molar-refractivity contribution in [3.63, 3.8) is 0 Å². The largest absolute Gasteiger partial charge is 0.332 e. The number of hydrogen-bond donors (Lipinski definition) is 1. The molecule has 10 heteroatoms. The molecule has 0 aliphatic rings. The van der Waals surface area contributed by atoms with Crippen LogP contribution < -0.4 is 22.1 Å². The summed E-state index contributed by atoms with van der Waals surface area (Å²) in [4.78, 5) is 57.5. The Kier molecular flexibility index (Phi) is 4.30. The Hall–Kier alpha value is -4.08.